The molecule has 1 fully saturated rings. The average molecular weight is 410 g/mol. The molecule has 2 aromatic rings. The lowest BCUT2D eigenvalue weighted by Gasteiger charge is -2.32. The summed E-state index contributed by atoms with van der Waals surface area (Å²) in [5.74, 6) is 0.655. The van der Waals surface area contributed by atoms with Gasteiger partial charge in [-0.1, -0.05) is 23.4 Å². The van der Waals surface area contributed by atoms with Crippen LogP contribution in [0.15, 0.2) is 33.9 Å². The minimum Gasteiger partial charge on any atom is -0.411 e. The van der Waals surface area contributed by atoms with Gasteiger partial charge in [-0.05, 0) is 44.3 Å². The molecule has 0 atom stereocenters. The van der Waals surface area contributed by atoms with E-state index in [-0.39, 0.29) is 11.7 Å². The van der Waals surface area contributed by atoms with Crippen molar-refractivity contribution in [3.63, 3.8) is 0 Å². The number of hydrogen-bond donors (Lipinski definition) is 1. The molecule has 27 heavy (non-hydrogen) atoms. The van der Waals surface area contributed by atoms with Crippen LogP contribution in [0.4, 0.5) is 0 Å². The van der Waals surface area contributed by atoms with E-state index in [4.69, 9.17) is 16.0 Å². The Morgan fingerprint density at radius 2 is 1.96 bits per heavy atom. The molecule has 1 amide bonds. The van der Waals surface area contributed by atoms with Crippen molar-refractivity contribution in [3.8, 4) is 11.5 Å². The normalized spacial score (nSPS) is 15.8. The maximum atomic E-state index is 12.0. The summed E-state index contributed by atoms with van der Waals surface area (Å²) in [5.41, 5.74) is 0.798. The Morgan fingerprint density at radius 1 is 1.22 bits per heavy atom. The fourth-order valence-electron chi connectivity index (χ4n) is 2.76. The Bertz CT molecular complexity index is 732. The summed E-state index contributed by atoms with van der Waals surface area (Å²) >= 11 is 7.11. The standard InChI is InChI=1S/C18H24ClN5O2S/c1-23-9-11-24(12-10-23)8-2-7-20-16(25)13-27-18-22-21-17(26-18)14-3-5-15(19)6-4-14/h3-6H,2,7-13H2,1H3,(H,20,25). The molecule has 1 aromatic carbocycles. The highest BCUT2D eigenvalue weighted by molar-refractivity contribution is 7.99. The highest BCUT2D eigenvalue weighted by Gasteiger charge is 2.14. The van der Waals surface area contributed by atoms with Crippen LogP contribution in [0.3, 0.4) is 0 Å². The molecular weight excluding hydrogens is 386 g/mol. The molecule has 0 unspecified atom stereocenters. The molecule has 2 heterocycles. The highest BCUT2D eigenvalue weighted by atomic mass is 35.5. The molecule has 9 heteroatoms. The predicted molar refractivity (Wildman–Crippen MR) is 107 cm³/mol. The second kappa shape index (κ2) is 10.1. The van der Waals surface area contributed by atoms with E-state index in [1.54, 1.807) is 12.1 Å². The third-order valence-corrected chi connectivity index (χ3v) is 5.46. The molecule has 146 valence electrons. The van der Waals surface area contributed by atoms with Crippen molar-refractivity contribution in [2.75, 3.05) is 52.1 Å². The Hall–Kier alpha value is -1.61. The molecule has 0 saturated carbocycles. The molecule has 0 spiro atoms. The van der Waals surface area contributed by atoms with Crippen LogP contribution in [0, 0.1) is 0 Å². The van der Waals surface area contributed by atoms with E-state index >= 15 is 0 Å². The summed E-state index contributed by atoms with van der Waals surface area (Å²) in [5, 5.41) is 12.0. The van der Waals surface area contributed by atoms with Gasteiger partial charge in [0.25, 0.3) is 5.22 Å². The van der Waals surface area contributed by atoms with Crippen LogP contribution in [-0.4, -0.2) is 78.0 Å². The van der Waals surface area contributed by atoms with Crippen LogP contribution >= 0.6 is 23.4 Å². The van der Waals surface area contributed by atoms with E-state index in [1.165, 1.54) is 11.8 Å². The van der Waals surface area contributed by atoms with Crippen LogP contribution in [0.25, 0.3) is 11.5 Å². The van der Waals surface area contributed by atoms with Gasteiger partial charge >= 0.3 is 0 Å². The van der Waals surface area contributed by atoms with Gasteiger partial charge in [0.1, 0.15) is 0 Å². The zero-order valence-corrected chi connectivity index (χ0v) is 16.9. The van der Waals surface area contributed by atoms with Gasteiger partial charge in [-0.2, -0.15) is 0 Å². The van der Waals surface area contributed by atoms with E-state index < -0.39 is 0 Å². The number of rotatable bonds is 8. The number of benzene rings is 1. The summed E-state index contributed by atoms with van der Waals surface area (Å²) in [6, 6.07) is 7.17. The number of nitrogens with zero attached hydrogens (tertiary/aromatic N) is 4. The number of piperazine rings is 1. The second-order valence-electron chi connectivity index (χ2n) is 6.52. The predicted octanol–water partition coefficient (Wildman–Crippen LogP) is 2.24. The van der Waals surface area contributed by atoms with E-state index in [2.05, 4.69) is 32.4 Å². The number of nitrogens with one attached hydrogen (secondary N) is 1. The molecule has 1 aliphatic rings. The number of halogens is 1. The Balaban J connectivity index is 1.33. The number of thioether (sulfide) groups is 1. The number of hydrogen-bond acceptors (Lipinski definition) is 7. The summed E-state index contributed by atoms with van der Waals surface area (Å²) < 4.78 is 5.58. The van der Waals surface area contributed by atoms with Crippen molar-refractivity contribution in [1.82, 2.24) is 25.3 Å². The van der Waals surface area contributed by atoms with Gasteiger partial charge in [-0.15, -0.1) is 10.2 Å². The van der Waals surface area contributed by atoms with Crippen molar-refractivity contribution >= 4 is 29.3 Å². The van der Waals surface area contributed by atoms with Crippen LogP contribution in [0.5, 0.6) is 0 Å². The van der Waals surface area contributed by atoms with Crippen LogP contribution in [0.2, 0.25) is 5.02 Å². The third-order valence-electron chi connectivity index (χ3n) is 4.39. The first-order valence-electron chi connectivity index (χ1n) is 9.00. The zero-order valence-electron chi connectivity index (χ0n) is 15.4. The quantitative estimate of drug-likeness (QED) is 0.529. The second-order valence-corrected chi connectivity index (χ2v) is 7.88. The van der Waals surface area contributed by atoms with Gasteiger partial charge < -0.3 is 19.5 Å². The van der Waals surface area contributed by atoms with Gasteiger partial charge in [0, 0.05) is 43.3 Å². The first-order chi connectivity index (χ1) is 13.1. The molecule has 0 aliphatic carbocycles. The number of likely N-dealkylation sites (N-methyl/N-ethyl adjacent to an activating group) is 1. The molecule has 7 nitrogen and oxygen atoms in total. The lowest BCUT2D eigenvalue weighted by Crippen LogP contribution is -2.45. The summed E-state index contributed by atoms with van der Waals surface area (Å²) in [4.78, 5) is 16.7. The summed E-state index contributed by atoms with van der Waals surface area (Å²) in [6.07, 6.45) is 0.960. The van der Waals surface area contributed by atoms with Crippen molar-refractivity contribution < 1.29 is 9.21 Å². The number of carbonyl (C=O) groups excluding carboxylic acids is 1. The van der Waals surface area contributed by atoms with Gasteiger partial charge in [0.05, 0.1) is 5.75 Å². The SMILES string of the molecule is CN1CCN(CCCNC(=O)CSc2nnc(-c3ccc(Cl)cc3)o2)CC1. The largest absolute Gasteiger partial charge is 0.411 e. The number of amides is 1. The first-order valence-corrected chi connectivity index (χ1v) is 10.4. The Labute approximate surface area is 168 Å². The van der Waals surface area contributed by atoms with Crippen LogP contribution < -0.4 is 5.32 Å². The minimum absolute atomic E-state index is 0.0235. The van der Waals surface area contributed by atoms with Gasteiger partial charge in [0.15, 0.2) is 0 Å². The topological polar surface area (TPSA) is 74.5 Å². The number of carbonyl (C=O) groups is 1. The van der Waals surface area contributed by atoms with E-state index in [9.17, 15) is 4.79 Å². The minimum atomic E-state index is -0.0235. The zero-order chi connectivity index (χ0) is 19.1. The molecule has 0 bridgehead atoms. The Morgan fingerprint density at radius 3 is 2.70 bits per heavy atom. The molecule has 1 N–H and O–H groups in total. The summed E-state index contributed by atoms with van der Waals surface area (Å²) in [7, 11) is 2.15. The molecule has 1 saturated heterocycles. The van der Waals surface area contributed by atoms with Gasteiger partial charge in [-0.25, -0.2) is 0 Å². The van der Waals surface area contributed by atoms with Crippen molar-refractivity contribution in [2.24, 2.45) is 0 Å². The van der Waals surface area contributed by atoms with Crippen LogP contribution in [0.1, 0.15) is 6.42 Å². The fraction of sp³-hybridized carbons (Fsp3) is 0.500. The molecule has 1 aromatic heterocycles. The average Bonchev–Trinajstić information content (AvgIpc) is 3.14. The highest BCUT2D eigenvalue weighted by Crippen LogP contribution is 2.24. The monoisotopic (exact) mass is 409 g/mol. The Kier molecular flexibility index (Phi) is 7.51. The number of aromatic nitrogens is 2. The first kappa shape index (κ1) is 20.1. The molecular formula is C18H24ClN5O2S. The lowest BCUT2D eigenvalue weighted by atomic mass is 10.2. The summed E-state index contributed by atoms with van der Waals surface area (Å²) in [6.45, 7) is 6.15. The van der Waals surface area contributed by atoms with E-state index in [0.29, 0.717) is 22.7 Å². The molecule has 3 rings (SSSR count). The van der Waals surface area contributed by atoms with Gasteiger partial charge in [0.2, 0.25) is 11.8 Å². The maximum absolute atomic E-state index is 12.0. The van der Waals surface area contributed by atoms with E-state index in [1.807, 2.05) is 12.1 Å². The fourth-order valence-corrected chi connectivity index (χ4v) is 3.48. The van der Waals surface area contributed by atoms with Gasteiger partial charge in [-0.3, -0.25) is 4.79 Å². The van der Waals surface area contributed by atoms with E-state index in [0.717, 1.165) is 44.7 Å². The van der Waals surface area contributed by atoms with Crippen molar-refractivity contribution in [1.29, 1.82) is 0 Å². The van der Waals surface area contributed by atoms with Crippen LogP contribution in [-0.2, 0) is 4.79 Å². The smallest absolute Gasteiger partial charge is 0.277 e. The van der Waals surface area contributed by atoms with Crippen molar-refractivity contribution in [2.45, 2.75) is 11.6 Å². The lowest BCUT2D eigenvalue weighted by molar-refractivity contribution is -0.118. The van der Waals surface area contributed by atoms with Crippen molar-refractivity contribution in [3.05, 3.63) is 29.3 Å². The molecule has 0 radical (unpaired) electrons. The molecule has 1 aliphatic heterocycles. The maximum Gasteiger partial charge on any atom is 0.277 e. The third kappa shape index (κ3) is 6.49.